The molecule has 0 radical (unpaired) electrons. The van der Waals surface area contributed by atoms with Gasteiger partial charge in [0.05, 0.1) is 26.0 Å². The third-order valence-electron chi connectivity index (χ3n) is 5.08. The number of allylic oxidation sites excluding steroid dienone is 1. The largest absolute Gasteiger partial charge is 0.389 e. The van der Waals surface area contributed by atoms with Crippen LogP contribution in [0.3, 0.4) is 0 Å². The number of carbonyl (C=O) groups excluding carboxylic acids is 2. The molecule has 2 atom stereocenters. The molecule has 1 aliphatic heterocycles. The molecule has 31 heavy (non-hydrogen) atoms. The van der Waals surface area contributed by atoms with Gasteiger partial charge in [-0.05, 0) is 49.6 Å². The Morgan fingerprint density at radius 2 is 2.13 bits per heavy atom. The van der Waals surface area contributed by atoms with Crippen LogP contribution in [0.1, 0.15) is 28.9 Å². The summed E-state index contributed by atoms with van der Waals surface area (Å²) in [5.41, 5.74) is 1.41. The zero-order valence-electron chi connectivity index (χ0n) is 16.9. The number of nitrogens with zero attached hydrogens (tertiary/aromatic N) is 1. The molecule has 166 valence electrons. The molecular weight excluding hydrogens is 457 g/mol. The molecule has 2 unspecified atom stereocenters. The first kappa shape index (κ1) is 23.6. The number of carbonyl (C=O) groups is 2. The van der Waals surface area contributed by atoms with Crippen LogP contribution < -0.4 is 15.5 Å². The average Bonchev–Trinajstić information content (AvgIpc) is 3.19. The summed E-state index contributed by atoms with van der Waals surface area (Å²) in [6.45, 7) is 4.71. The third kappa shape index (κ3) is 6.23. The molecule has 0 aliphatic carbocycles. The summed E-state index contributed by atoms with van der Waals surface area (Å²) in [6.07, 6.45) is 3.45. The Bertz CT molecular complexity index is 950. The molecule has 1 fully saturated rings. The SMILES string of the molecule is C=CCC1CCCN(c2ccc(NCC(O)CNC(=O)c3ccc(Cl)s3)cc2Cl)C1=O. The van der Waals surface area contributed by atoms with Crippen LogP contribution in [0.2, 0.25) is 9.36 Å². The van der Waals surface area contributed by atoms with Crippen LogP contribution in [0.25, 0.3) is 0 Å². The van der Waals surface area contributed by atoms with Crippen LogP contribution in [0, 0.1) is 5.92 Å². The Hall–Kier alpha value is -2.06. The highest BCUT2D eigenvalue weighted by molar-refractivity contribution is 7.18. The smallest absolute Gasteiger partial charge is 0.261 e. The number of hydrogen-bond acceptors (Lipinski definition) is 5. The van der Waals surface area contributed by atoms with E-state index in [0.717, 1.165) is 18.5 Å². The van der Waals surface area contributed by atoms with Crippen LogP contribution in [0.5, 0.6) is 0 Å². The minimum absolute atomic E-state index is 0.0457. The van der Waals surface area contributed by atoms with Gasteiger partial charge in [0.25, 0.3) is 5.91 Å². The maximum absolute atomic E-state index is 12.7. The quantitative estimate of drug-likeness (QED) is 0.457. The van der Waals surface area contributed by atoms with Crippen molar-refractivity contribution in [2.75, 3.05) is 29.9 Å². The fourth-order valence-electron chi connectivity index (χ4n) is 3.49. The number of amides is 2. The number of thiophene rings is 1. The number of piperidine rings is 1. The lowest BCUT2D eigenvalue weighted by atomic mass is 9.93. The average molecular weight is 482 g/mol. The molecule has 2 heterocycles. The van der Waals surface area contributed by atoms with Crippen LogP contribution in [-0.4, -0.2) is 42.7 Å². The Labute approximate surface area is 195 Å². The van der Waals surface area contributed by atoms with Gasteiger partial charge < -0.3 is 20.6 Å². The standard InChI is InChI=1S/C22H25Cl2N3O3S/c1-2-4-14-5-3-10-27(22(14)30)18-7-6-15(11-17(18)23)25-12-16(28)13-26-21(29)19-8-9-20(24)31-19/h2,6-9,11,14,16,25,28H,1,3-5,10,12-13H2,(H,26,29). The number of aliphatic hydroxyl groups is 1. The van der Waals surface area contributed by atoms with Crippen molar-refractivity contribution in [3.05, 3.63) is 57.2 Å². The van der Waals surface area contributed by atoms with Crippen LogP contribution in [-0.2, 0) is 4.79 Å². The lowest BCUT2D eigenvalue weighted by Crippen LogP contribution is -2.41. The van der Waals surface area contributed by atoms with E-state index < -0.39 is 6.10 Å². The number of benzene rings is 1. The summed E-state index contributed by atoms with van der Waals surface area (Å²) in [4.78, 5) is 27.0. The minimum atomic E-state index is -0.791. The van der Waals surface area contributed by atoms with Gasteiger partial charge in [0.1, 0.15) is 0 Å². The molecule has 2 amide bonds. The fraction of sp³-hybridized carbons (Fsp3) is 0.364. The second-order valence-corrected chi connectivity index (χ2v) is 9.49. The summed E-state index contributed by atoms with van der Waals surface area (Å²) >= 11 is 13.5. The number of aliphatic hydroxyl groups excluding tert-OH is 1. The Balaban J connectivity index is 1.52. The summed E-state index contributed by atoms with van der Waals surface area (Å²) in [5, 5.41) is 16.4. The number of anilines is 2. The molecule has 6 nitrogen and oxygen atoms in total. The maximum Gasteiger partial charge on any atom is 0.261 e. The van der Waals surface area contributed by atoms with E-state index in [-0.39, 0.29) is 30.8 Å². The highest BCUT2D eigenvalue weighted by Crippen LogP contribution is 2.33. The van der Waals surface area contributed by atoms with Gasteiger partial charge in [-0.25, -0.2) is 0 Å². The molecule has 1 aromatic carbocycles. The van der Waals surface area contributed by atoms with Gasteiger partial charge in [0.2, 0.25) is 5.91 Å². The van der Waals surface area contributed by atoms with E-state index in [2.05, 4.69) is 17.2 Å². The second-order valence-electron chi connectivity index (χ2n) is 7.37. The van der Waals surface area contributed by atoms with Crippen LogP contribution in [0.4, 0.5) is 11.4 Å². The Kier molecular flexibility index (Phi) is 8.37. The second kappa shape index (κ2) is 11.0. The number of rotatable bonds is 9. The van der Waals surface area contributed by atoms with Crippen molar-refractivity contribution in [2.45, 2.75) is 25.4 Å². The molecule has 1 aliphatic rings. The molecule has 1 aromatic heterocycles. The van der Waals surface area contributed by atoms with E-state index in [9.17, 15) is 14.7 Å². The molecule has 2 aromatic rings. The minimum Gasteiger partial charge on any atom is -0.389 e. The molecule has 0 bridgehead atoms. The van der Waals surface area contributed by atoms with E-state index in [0.29, 0.717) is 32.9 Å². The Morgan fingerprint density at radius 1 is 1.32 bits per heavy atom. The third-order valence-corrected chi connectivity index (χ3v) is 6.61. The van der Waals surface area contributed by atoms with E-state index in [1.807, 2.05) is 12.1 Å². The number of nitrogens with one attached hydrogen (secondary N) is 2. The predicted molar refractivity (Wildman–Crippen MR) is 128 cm³/mol. The van der Waals surface area contributed by atoms with Gasteiger partial charge in [0, 0.05) is 31.2 Å². The maximum atomic E-state index is 12.7. The summed E-state index contributed by atoms with van der Waals surface area (Å²) in [7, 11) is 0. The van der Waals surface area contributed by atoms with Crippen molar-refractivity contribution in [2.24, 2.45) is 5.92 Å². The number of halogens is 2. The van der Waals surface area contributed by atoms with Gasteiger partial charge in [-0.3, -0.25) is 9.59 Å². The molecule has 0 spiro atoms. The van der Waals surface area contributed by atoms with Gasteiger partial charge in [-0.1, -0.05) is 29.3 Å². The normalized spacial score (nSPS) is 17.3. The zero-order chi connectivity index (χ0) is 22.4. The first-order valence-electron chi connectivity index (χ1n) is 10.1. The number of hydrogen-bond donors (Lipinski definition) is 3. The van der Waals surface area contributed by atoms with Gasteiger partial charge in [0.15, 0.2) is 0 Å². The fourth-order valence-corrected chi connectivity index (χ4v) is 4.73. The van der Waals surface area contributed by atoms with E-state index >= 15 is 0 Å². The van der Waals surface area contributed by atoms with Crippen LogP contribution >= 0.6 is 34.5 Å². The molecule has 3 rings (SSSR count). The van der Waals surface area contributed by atoms with E-state index in [4.69, 9.17) is 23.2 Å². The predicted octanol–water partition coefficient (Wildman–Crippen LogP) is 4.58. The topological polar surface area (TPSA) is 81.7 Å². The van der Waals surface area contributed by atoms with Gasteiger partial charge >= 0.3 is 0 Å². The van der Waals surface area contributed by atoms with Gasteiger partial charge in [-0.15, -0.1) is 17.9 Å². The molecule has 1 saturated heterocycles. The van der Waals surface area contributed by atoms with Gasteiger partial charge in [-0.2, -0.15) is 0 Å². The molecule has 0 saturated carbocycles. The van der Waals surface area contributed by atoms with Crippen molar-refractivity contribution in [1.29, 1.82) is 0 Å². The van der Waals surface area contributed by atoms with Crippen molar-refractivity contribution < 1.29 is 14.7 Å². The lowest BCUT2D eigenvalue weighted by Gasteiger charge is -2.32. The highest BCUT2D eigenvalue weighted by atomic mass is 35.5. The highest BCUT2D eigenvalue weighted by Gasteiger charge is 2.29. The van der Waals surface area contributed by atoms with Crippen molar-refractivity contribution >= 4 is 57.7 Å². The molecule has 3 N–H and O–H groups in total. The van der Waals surface area contributed by atoms with E-state index in [1.54, 1.807) is 29.2 Å². The summed E-state index contributed by atoms with van der Waals surface area (Å²) in [6, 6.07) is 8.67. The summed E-state index contributed by atoms with van der Waals surface area (Å²) in [5.74, 6) is -0.244. The van der Waals surface area contributed by atoms with Crippen molar-refractivity contribution in [3.8, 4) is 0 Å². The lowest BCUT2D eigenvalue weighted by molar-refractivity contribution is -0.123. The summed E-state index contributed by atoms with van der Waals surface area (Å²) < 4.78 is 0.537. The first-order chi connectivity index (χ1) is 14.9. The monoisotopic (exact) mass is 481 g/mol. The van der Waals surface area contributed by atoms with Crippen molar-refractivity contribution in [1.82, 2.24) is 5.32 Å². The van der Waals surface area contributed by atoms with Crippen molar-refractivity contribution in [3.63, 3.8) is 0 Å². The Morgan fingerprint density at radius 3 is 2.81 bits per heavy atom. The molecular formula is C22H25Cl2N3O3S. The molecule has 9 heteroatoms. The van der Waals surface area contributed by atoms with E-state index in [1.165, 1.54) is 11.3 Å². The van der Waals surface area contributed by atoms with Crippen LogP contribution in [0.15, 0.2) is 43.0 Å². The first-order valence-corrected chi connectivity index (χ1v) is 11.6. The zero-order valence-corrected chi connectivity index (χ0v) is 19.3.